The molecule has 0 aliphatic rings. The fourth-order valence-electron chi connectivity index (χ4n) is 3.67. The molecule has 1 amide bonds. The summed E-state index contributed by atoms with van der Waals surface area (Å²) in [7, 11) is -3.98. The molecule has 0 unspecified atom stereocenters. The van der Waals surface area contributed by atoms with E-state index in [9.17, 15) is 13.2 Å². The molecule has 0 atom stereocenters. The van der Waals surface area contributed by atoms with Gasteiger partial charge in [-0.3, -0.25) is 9.48 Å². The van der Waals surface area contributed by atoms with Crippen molar-refractivity contribution in [3.63, 3.8) is 0 Å². The van der Waals surface area contributed by atoms with Crippen LogP contribution in [-0.4, -0.2) is 24.1 Å². The fourth-order valence-corrected chi connectivity index (χ4v) is 4.76. The second kappa shape index (κ2) is 9.95. The van der Waals surface area contributed by atoms with Gasteiger partial charge in [-0.2, -0.15) is 10.4 Å². The smallest absolute Gasteiger partial charge is 0.268 e. The number of carbonyl (C=O) groups is 1. The Bertz CT molecular complexity index is 1520. The third kappa shape index (κ3) is 5.83. The van der Waals surface area contributed by atoms with Crippen molar-refractivity contribution < 1.29 is 13.2 Å². The molecule has 1 N–H and O–H groups in total. The van der Waals surface area contributed by atoms with Gasteiger partial charge in [-0.15, -0.1) is 0 Å². The van der Waals surface area contributed by atoms with E-state index < -0.39 is 15.9 Å². The van der Waals surface area contributed by atoms with E-state index in [1.807, 2.05) is 68.4 Å². The number of hydrogen-bond acceptors (Lipinski definition) is 5. The number of nitrogens with zero attached hydrogens (tertiary/aromatic N) is 3. The Hall–Kier alpha value is -4.22. The number of hydrogen-bond donors (Lipinski definition) is 1. The lowest BCUT2D eigenvalue weighted by Gasteiger charge is -2.08. The van der Waals surface area contributed by atoms with Crippen LogP contribution in [0.1, 0.15) is 38.2 Å². The van der Waals surface area contributed by atoms with Crippen LogP contribution in [0, 0.1) is 25.2 Å². The van der Waals surface area contributed by atoms with Gasteiger partial charge in [-0.1, -0.05) is 54.6 Å². The van der Waals surface area contributed by atoms with Crippen molar-refractivity contribution >= 4 is 15.9 Å². The summed E-state index contributed by atoms with van der Waals surface area (Å²) in [6, 6.07) is 23.6. The molecule has 0 aliphatic heterocycles. The highest BCUT2D eigenvalue weighted by molar-refractivity contribution is 7.89. The quantitative estimate of drug-likeness (QED) is 0.420. The number of aromatic nitrogens is 2. The van der Waals surface area contributed by atoms with Crippen LogP contribution in [-0.2, 0) is 22.3 Å². The van der Waals surface area contributed by atoms with Crippen molar-refractivity contribution in [1.29, 1.82) is 5.26 Å². The standard InChI is InChI=1S/C27H24N4O3S/c1-19-8-13-24(14-20(19)2)26-25(17-31(29-26)16-22-6-4-3-5-7-22)27(32)30-35(33,34)18-23-11-9-21(15-28)10-12-23/h3-14,17H,16,18H2,1-2H3,(H,30,32). The Kier molecular flexibility index (Phi) is 6.80. The molecule has 0 spiro atoms. The lowest BCUT2D eigenvalue weighted by molar-refractivity contribution is 0.0982. The summed E-state index contributed by atoms with van der Waals surface area (Å²) >= 11 is 0. The first kappa shape index (κ1) is 23.9. The van der Waals surface area contributed by atoms with Gasteiger partial charge in [0.25, 0.3) is 5.91 Å². The van der Waals surface area contributed by atoms with E-state index >= 15 is 0 Å². The van der Waals surface area contributed by atoms with Crippen LogP contribution in [0.5, 0.6) is 0 Å². The molecule has 0 saturated heterocycles. The minimum Gasteiger partial charge on any atom is -0.268 e. The minimum absolute atomic E-state index is 0.174. The van der Waals surface area contributed by atoms with Crippen LogP contribution in [0.2, 0.25) is 0 Å². The van der Waals surface area contributed by atoms with Crippen LogP contribution >= 0.6 is 0 Å². The van der Waals surface area contributed by atoms with Gasteiger partial charge >= 0.3 is 0 Å². The molecule has 0 radical (unpaired) electrons. The fraction of sp³-hybridized carbons (Fsp3) is 0.148. The first-order chi connectivity index (χ1) is 16.7. The van der Waals surface area contributed by atoms with Crippen molar-refractivity contribution in [3.05, 3.63) is 112 Å². The van der Waals surface area contributed by atoms with Gasteiger partial charge in [-0.25, -0.2) is 13.1 Å². The molecule has 4 rings (SSSR count). The van der Waals surface area contributed by atoms with E-state index in [0.29, 0.717) is 23.4 Å². The first-order valence-electron chi connectivity index (χ1n) is 11.0. The zero-order valence-corrected chi connectivity index (χ0v) is 20.2. The molecule has 3 aromatic carbocycles. The molecule has 176 valence electrons. The van der Waals surface area contributed by atoms with Crippen LogP contribution in [0.3, 0.4) is 0 Å². The van der Waals surface area contributed by atoms with Gasteiger partial charge < -0.3 is 0 Å². The number of aryl methyl sites for hydroxylation is 2. The topological polar surface area (TPSA) is 105 Å². The molecule has 0 aliphatic carbocycles. The van der Waals surface area contributed by atoms with E-state index in [1.165, 1.54) is 12.1 Å². The maximum atomic E-state index is 13.2. The normalized spacial score (nSPS) is 11.1. The average Bonchev–Trinajstić information content (AvgIpc) is 3.25. The van der Waals surface area contributed by atoms with Crippen molar-refractivity contribution in [2.45, 2.75) is 26.1 Å². The van der Waals surface area contributed by atoms with Gasteiger partial charge in [-0.05, 0) is 54.3 Å². The largest absolute Gasteiger partial charge is 0.268 e. The van der Waals surface area contributed by atoms with E-state index in [2.05, 4.69) is 9.82 Å². The van der Waals surface area contributed by atoms with Crippen LogP contribution in [0.15, 0.2) is 79.0 Å². The van der Waals surface area contributed by atoms with Crippen LogP contribution < -0.4 is 4.72 Å². The summed E-state index contributed by atoms with van der Waals surface area (Å²) in [5.74, 6) is -1.13. The number of amides is 1. The number of nitriles is 1. The summed E-state index contributed by atoms with van der Waals surface area (Å²) in [6.07, 6.45) is 1.57. The SMILES string of the molecule is Cc1ccc(-c2nn(Cc3ccccc3)cc2C(=O)NS(=O)(=O)Cc2ccc(C#N)cc2)cc1C. The molecular formula is C27H24N4O3S. The van der Waals surface area contributed by atoms with Gasteiger partial charge in [0.05, 0.1) is 29.5 Å². The summed E-state index contributed by atoms with van der Waals surface area (Å²) in [5, 5.41) is 13.6. The summed E-state index contributed by atoms with van der Waals surface area (Å²) < 4.78 is 29.3. The monoisotopic (exact) mass is 484 g/mol. The van der Waals surface area contributed by atoms with Crippen molar-refractivity contribution in [1.82, 2.24) is 14.5 Å². The second-order valence-corrected chi connectivity index (χ2v) is 10.1. The predicted molar refractivity (Wildman–Crippen MR) is 134 cm³/mol. The summed E-state index contributed by atoms with van der Waals surface area (Å²) in [6.45, 7) is 4.40. The third-order valence-electron chi connectivity index (χ3n) is 5.66. The van der Waals surface area contributed by atoms with E-state index in [1.54, 1.807) is 23.0 Å². The molecule has 4 aromatic rings. The molecule has 0 saturated carbocycles. The third-order valence-corrected chi connectivity index (χ3v) is 6.87. The van der Waals surface area contributed by atoms with Crippen LogP contribution in [0.25, 0.3) is 11.3 Å². The molecular weight excluding hydrogens is 460 g/mol. The number of benzene rings is 3. The molecule has 1 aromatic heterocycles. The molecule has 7 nitrogen and oxygen atoms in total. The zero-order chi connectivity index (χ0) is 25.0. The van der Waals surface area contributed by atoms with Gasteiger partial charge in [0.2, 0.25) is 10.0 Å². The molecule has 35 heavy (non-hydrogen) atoms. The lowest BCUT2D eigenvalue weighted by Crippen LogP contribution is -2.31. The summed E-state index contributed by atoms with van der Waals surface area (Å²) in [5.41, 5.74) is 5.37. The van der Waals surface area contributed by atoms with E-state index in [4.69, 9.17) is 5.26 Å². The lowest BCUT2D eigenvalue weighted by atomic mass is 10.0. The minimum atomic E-state index is -3.98. The Morgan fingerprint density at radius 3 is 2.34 bits per heavy atom. The van der Waals surface area contributed by atoms with Gasteiger partial charge in [0.1, 0.15) is 5.69 Å². The highest BCUT2D eigenvalue weighted by Crippen LogP contribution is 2.25. The average molecular weight is 485 g/mol. The first-order valence-corrected chi connectivity index (χ1v) is 12.6. The second-order valence-electron chi connectivity index (χ2n) is 8.37. The van der Waals surface area contributed by atoms with Gasteiger partial charge in [0, 0.05) is 11.8 Å². The molecule has 8 heteroatoms. The van der Waals surface area contributed by atoms with Crippen molar-refractivity contribution in [2.24, 2.45) is 0 Å². The Balaban J connectivity index is 1.64. The maximum absolute atomic E-state index is 13.2. The predicted octanol–water partition coefficient (Wildman–Crippen LogP) is 4.35. The Labute approximate surface area is 204 Å². The van der Waals surface area contributed by atoms with Crippen molar-refractivity contribution in [2.75, 3.05) is 0 Å². The zero-order valence-electron chi connectivity index (χ0n) is 19.4. The number of rotatable bonds is 7. The summed E-state index contributed by atoms with van der Waals surface area (Å²) in [4.78, 5) is 13.2. The number of carbonyl (C=O) groups excluding carboxylic acids is 1. The molecule has 0 bridgehead atoms. The molecule has 0 fully saturated rings. The highest BCUT2D eigenvalue weighted by atomic mass is 32.2. The Morgan fingerprint density at radius 2 is 1.69 bits per heavy atom. The van der Waals surface area contributed by atoms with Crippen molar-refractivity contribution in [3.8, 4) is 17.3 Å². The van der Waals surface area contributed by atoms with E-state index in [-0.39, 0.29) is 11.3 Å². The molecule has 1 heterocycles. The van der Waals surface area contributed by atoms with Gasteiger partial charge in [0.15, 0.2) is 0 Å². The van der Waals surface area contributed by atoms with Crippen LogP contribution in [0.4, 0.5) is 0 Å². The number of sulfonamides is 1. The maximum Gasteiger partial charge on any atom is 0.268 e. The van der Waals surface area contributed by atoms with E-state index in [0.717, 1.165) is 22.3 Å². The Morgan fingerprint density at radius 1 is 0.971 bits per heavy atom. The number of nitrogens with one attached hydrogen (secondary N) is 1. The highest BCUT2D eigenvalue weighted by Gasteiger charge is 2.23.